The summed E-state index contributed by atoms with van der Waals surface area (Å²) in [4.78, 5) is 13.9. The molecule has 1 heterocycles. The zero-order valence-electron chi connectivity index (χ0n) is 11.4. The number of halogens is 1. The molecule has 2 fully saturated rings. The van der Waals surface area contributed by atoms with Crippen LogP contribution in [0.2, 0.25) is 5.02 Å². The van der Waals surface area contributed by atoms with Crippen LogP contribution in [-0.2, 0) is 4.79 Å². The number of hydrogen-bond donors (Lipinski definition) is 1. The number of hydrogen-bond acceptors (Lipinski definition) is 3. The van der Waals surface area contributed by atoms with Gasteiger partial charge in [-0.3, -0.25) is 4.79 Å². The third-order valence-corrected chi connectivity index (χ3v) is 4.27. The van der Waals surface area contributed by atoms with Crippen molar-refractivity contribution in [1.82, 2.24) is 4.90 Å². The van der Waals surface area contributed by atoms with Gasteiger partial charge in [-0.15, -0.1) is 0 Å². The molecule has 1 saturated carbocycles. The molecule has 1 unspecified atom stereocenters. The number of nitrogens with zero attached hydrogens (tertiary/aromatic N) is 1. The van der Waals surface area contributed by atoms with Gasteiger partial charge in [0.05, 0.1) is 13.1 Å². The van der Waals surface area contributed by atoms with Gasteiger partial charge in [-0.2, -0.15) is 0 Å². The van der Waals surface area contributed by atoms with E-state index in [1.807, 2.05) is 0 Å². The Balaban J connectivity index is 1.55. The molecule has 1 aliphatic heterocycles. The fourth-order valence-corrected chi connectivity index (χ4v) is 2.88. The van der Waals surface area contributed by atoms with Crippen molar-refractivity contribution in [3.05, 3.63) is 29.3 Å². The number of likely N-dealkylation sites (tertiary alicyclic amines) is 1. The number of benzene rings is 1. The minimum atomic E-state index is -0.647. The van der Waals surface area contributed by atoms with E-state index in [0.29, 0.717) is 29.8 Å². The van der Waals surface area contributed by atoms with Crippen LogP contribution in [-0.4, -0.2) is 40.7 Å². The summed E-state index contributed by atoms with van der Waals surface area (Å²) in [5, 5.41) is 10.8. The summed E-state index contributed by atoms with van der Waals surface area (Å²) >= 11 is 5.88. The van der Waals surface area contributed by atoms with Crippen molar-refractivity contribution in [1.29, 1.82) is 0 Å². The second-order valence-electron chi connectivity index (χ2n) is 5.79. The van der Waals surface area contributed by atoms with Gasteiger partial charge in [-0.05, 0) is 43.9 Å². The Bertz CT molecular complexity index is 524. The van der Waals surface area contributed by atoms with Crippen LogP contribution in [0.15, 0.2) is 24.3 Å². The molecule has 0 radical (unpaired) electrons. The molecular formula is C15H18ClNO3. The molecule has 20 heavy (non-hydrogen) atoms. The second kappa shape index (κ2) is 4.93. The highest BCUT2D eigenvalue weighted by molar-refractivity contribution is 6.30. The van der Waals surface area contributed by atoms with Crippen LogP contribution in [0.5, 0.6) is 5.75 Å². The largest absolute Gasteiger partial charge is 0.481 e. The smallest absolute Gasteiger partial charge is 0.263 e. The van der Waals surface area contributed by atoms with Crippen LogP contribution in [0, 0.1) is 5.92 Å². The molecule has 1 N–H and O–H groups in total. The number of amides is 1. The SMILES string of the molecule is CC(Oc1cccc(Cl)c1)C(=O)N1CC(O)(C2CC2)C1. The summed E-state index contributed by atoms with van der Waals surface area (Å²) in [5.41, 5.74) is -0.647. The van der Waals surface area contributed by atoms with Gasteiger partial charge in [0.25, 0.3) is 5.91 Å². The number of β-amino-alcohol motifs (C(OH)–C–C–N with tert-alkyl or cyclic N) is 1. The van der Waals surface area contributed by atoms with E-state index in [1.54, 1.807) is 36.1 Å². The normalized spacial score (nSPS) is 22.1. The maximum absolute atomic E-state index is 12.2. The molecule has 4 nitrogen and oxygen atoms in total. The van der Waals surface area contributed by atoms with Crippen LogP contribution >= 0.6 is 11.6 Å². The molecule has 3 rings (SSSR count). The summed E-state index contributed by atoms with van der Waals surface area (Å²) in [7, 11) is 0. The Kier molecular flexibility index (Phi) is 3.38. The predicted molar refractivity (Wildman–Crippen MR) is 75.8 cm³/mol. The first-order chi connectivity index (χ1) is 9.48. The standard InChI is InChI=1S/C15H18ClNO3/c1-10(20-13-4-2-3-12(16)7-13)14(18)17-8-15(19,9-17)11-5-6-11/h2-4,7,10-11,19H,5-6,8-9H2,1H3. The number of aliphatic hydroxyl groups is 1. The minimum absolute atomic E-state index is 0.0877. The van der Waals surface area contributed by atoms with E-state index < -0.39 is 11.7 Å². The first-order valence-electron chi connectivity index (χ1n) is 6.91. The summed E-state index contributed by atoms with van der Waals surface area (Å²) in [5.74, 6) is 0.877. The first kappa shape index (κ1) is 13.7. The van der Waals surface area contributed by atoms with Crippen molar-refractivity contribution in [2.24, 2.45) is 5.92 Å². The monoisotopic (exact) mass is 295 g/mol. The van der Waals surface area contributed by atoms with Gasteiger partial charge in [0.2, 0.25) is 0 Å². The van der Waals surface area contributed by atoms with Crippen molar-refractivity contribution in [2.75, 3.05) is 13.1 Å². The lowest BCUT2D eigenvalue weighted by atomic mass is 9.88. The number of rotatable bonds is 4. The third kappa shape index (κ3) is 2.63. The van der Waals surface area contributed by atoms with Crippen LogP contribution in [0.3, 0.4) is 0 Å². The van der Waals surface area contributed by atoms with E-state index >= 15 is 0 Å². The topological polar surface area (TPSA) is 49.8 Å². The van der Waals surface area contributed by atoms with Gasteiger partial charge in [0.15, 0.2) is 6.10 Å². The number of carbonyl (C=O) groups is 1. The molecule has 1 amide bonds. The number of carbonyl (C=O) groups excluding carboxylic acids is 1. The Labute approximate surface area is 123 Å². The van der Waals surface area contributed by atoms with Gasteiger partial charge in [-0.25, -0.2) is 0 Å². The molecular weight excluding hydrogens is 278 g/mol. The maximum atomic E-state index is 12.2. The molecule has 5 heteroatoms. The fraction of sp³-hybridized carbons (Fsp3) is 0.533. The van der Waals surface area contributed by atoms with Gasteiger partial charge in [-0.1, -0.05) is 17.7 Å². The Morgan fingerprint density at radius 2 is 2.20 bits per heavy atom. The quantitative estimate of drug-likeness (QED) is 0.925. The van der Waals surface area contributed by atoms with Crippen molar-refractivity contribution in [3.8, 4) is 5.75 Å². The van der Waals surface area contributed by atoms with E-state index in [0.717, 1.165) is 12.8 Å². The van der Waals surface area contributed by atoms with E-state index in [-0.39, 0.29) is 5.91 Å². The predicted octanol–water partition coefficient (Wildman–Crippen LogP) is 2.09. The summed E-state index contributed by atoms with van der Waals surface area (Å²) in [6, 6.07) is 6.99. The molecule has 0 bridgehead atoms. The van der Waals surface area contributed by atoms with Crippen LogP contribution in [0.4, 0.5) is 0 Å². The summed E-state index contributed by atoms with van der Waals surface area (Å²) in [6.45, 7) is 2.58. The molecule has 1 atom stereocenters. The summed E-state index contributed by atoms with van der Waals surface area (Å²) in [6.07, 6.45) is 1.58. The highest BCUT2D eigenvalue weighted by atomic mass is 35.5. The molecule has 108 valence electrons. The lowest BCUT2D eigenvalue weighted by Crippen LogP contribution is -2.66. The van der Waals surface area contributed by atoms with Crippen molar-refractivity contribution in [3.63, 3.8) is 0 Å². The van der Waals surface area contributed by atoms with Gasteiger partial charge in [0.1, 0.15) is 11.4 Å². The fourth-order valence-electron chi connectivity index (χ4n) is 2.70. The van der Waals surface area contributed by atoms with Crippen molar-refractivity contribution < 1.29 is 14.6 Å². The Morgan fingerprint density at radius 3 is 2.80 bits per heavy atom. The molecule has 2 aliphatic rings. The molecule has 1 aromatic carbocycles. The van der Waals surface area contributed by atoms with E-state index in [2.05, 4.69) is 0 Å². The van der Waals surface area contributed by atoms with Gasteiger partial charge in [0, 0.05) is 5.02 Å². The molecule has 0 spiro atoms. The molecule has 0 aromatic heterocycles. The number of ether oxygens (including phenoxy) is 1. The summed E-state index contributed by atoms with van der Waals surface area (Å²) < 4.78 is 5.60. The molecule has 1 saturated heterocycles. The van der Waals surface area contributed by atoms with Crippen LogP contribution in [0.1, 0.15) is 19.8 Å². The van der Waals surface area contributed by atoms with E-state index in [1.165, 1.54) is 0 Å². The highest BCUT2D eigenvalue weighted by Crippen LogP contribution is 2.44. The minimum Gasteiger partial charge on any atom is -0.481 e. The molecule has 1 aromatic rings. The molecule has 1 aliphatic carbocycles. The maximum Gasteiger partial charge on any atom is 0.263 e. The average Bonchev–Trinajstić information content (AvgIpc) is 3.18. The van der Waals surface area contributed by atoms with Crippen molar-refractivity contribution >= 4 is 17.5 Å². The zero-order chi connectivity index (χ0) is 14.3. The average molecular weight is 296 g/mol. The van der Waals surface area contributed by atoms with E-state index in [4.69, 9.17) is 16.3 Å². The van der Waals surface area contributed by atoms with Crippen LogP contribution in [0.25, 0.3) is 0 Å². The Hall–Kier alpha value is -1.26. The second-order valence-corrected chi connectivity index (χ2v) is 6.23. The highest BCUT2D eigenvalue weighted by Gasteiger charge is 2.53. The zero-order valence-corrected chi connectivity index (χ0v) is 12.1. The van der Waals surface area contributed by atoms with Gasteiger partial charge < -0.3 is 14.7 Å². The van der Waals surface area contributed by atoms with Gasteiger partial charge >= 0.3 is 0 Å². The Morgan fingerprint density at radius 1 is 1.50 bits per heavy atom. The van der Waals surface area contributed by atoms with E-state index in [9.17, 15) is 9.90 Å². The van der Waals surface area contributed by atoms with Crippen molar-refractivity contribution in [2.45, 2.75) is 31.5 Å². The lowest BCUT2D eigenvalue weighted by molar-refractivity contribution is -0.165. The van der Waals surface area contributed by atoms with Crippen LogP contribution < -0.4 is 4.74 Å². The lowest BCUT2D eigenvalue weighted by Gasteiger charge is -2.47. The first-order valence-corrected chi connectivity index (χ1v) is 7.29. The third-order valence-electron chi connectivity index (χ3n) is 4.03.